The number of hydrogen-bond donors (Lipinski definition) is 0. The molecule has 0 saturated heterocycles. The van der Waals surface area contributed by atoms with Crippen molar-refractivity contribution in [1.82, 2.24) is 19.9 Å². The number of fused-ring (bicyclic) bond motifs is 8. The van der Waals surface area contributed by atoms with Crippen molar-refractivity contribution in [2.75, 3.05) is 0 Å². The predicted molar refractivity (Wildman–Crippen MR) is 230 cm³/mol. The molecule has 5 heterocycles. The van der Waals surface area contributed by atoms with Gasteiger partial charge in [0, 0.05) is 27.9 Å². The van der Waals surface area contributed by atoms with Crippen LogP contribution in [0.15, 0.2) is 141 Å². The fourth-order valence-electron chi connectivity index (χ4n) is 7.42. The molecule has 2 aliphatic rings. The summed E-state index contributed by atoms with van der Waals surface area (Å²) in [5.41, 5.74) is 5.63. The van der Waals surface area contributed by atoms with Crippen LogP contribution in [0.4, 0.5) is 0 Å². The molecule has 0 aliphatic carbocycles. The molecule has 4 aromatic carbocycles. The monoisotopic (exact) mass is 1030 g/mol. The fourth-order valence-corrected chi connectivity index (χ4v) is 9.30. The molecule has 0 amide bonds. The molecule has 1 radical (unpaired) electrons. The fraction of sp³-hybridized carbons (Fsp3) is 0. The van der Waals surface area contributed by atoms with Crippen molar-refractivity contribution in [3.05, 3.63) is 144 Å². The first-order valence-corrected chi connectivity index (χ1v) is 24.2. The molecule has 21 heteroatoms. The second-order valence-corrected chi connectivity index (χ2v) is 19.8. The number of hydrogen-bond acceptors (Lipinski definition) is 14. The maximum absolute atomic E-state index is 11.9. The molecule has 0 N–H and O–H groups in total. The molecular weight excluding hydrogens is 1010 g/mol. The van der Waals surface area contributed by atoms with Gasteiger partial charge in [0.1, 0.15) is 40.5 Å². The standard InChI is InChI=1S/C44H28N4O12S4.Ag/c49-61(50,51)29-9-1-25(2-10-29)41-33-17-19-35(45-33)42(26-3-11-30(12-4-26)62(52,53)54)37-21-23-39(47-37)44(28-7-15-32(16-8-28)64(58,59)60)40-24-22-38(48-40)43(36-20-18-34(41)46-36)27-5-13-31(14-6-27)63(55,56)57;/h1-24H,(H,49,50,51)(H,52,53,54)(H,55,56,57)(H,58,59,60);/q-2;/p-4. The third-order valence-electron chi connectivity index (χ3n) is 10.3. The molecule has 0 atom stereocenters. The van der Waals surface area contributed by atoms with Gasteiger partial charge in [-0.15, -0.1) is 22.1 Å². The second-order valence-electron chi connectivity index (χ2n) is 14.3. The normalized spacial score (nSPS) is 12.9. The molecule has 7 aromatic rings. The first-order chi connectivity index (χ1) is 30.2. The summed E-state index contributed by atoms with van der Waals surface area (Å²) in [6.07, 6.45) is 6.65. The Morgan fingerprint density at radius 1 is 0.308 bits per heavy atom. The largest absolute Gasteiger partial charge is 0.744 e. The molecule has 0 unspecified atom stereocenters. The molecule has 333 valence electrons. The van der Waals surface area contributed by atoms with Gasteiger partial charge in [-0.3, -0.25) is 0 Å². The van der Waals surface area contributed by atoms with Gasteiger partial charge in [0.05, 0.1) is 42.4 Å². The van der Waals surface area contributed by atoms with E-state index in [1.165, 1.54) is 48.5 Å². The Labute approximate surface area is 386 Å². The Hall–Kier alpha value is -6.14. The number of benzene rings is 4. The summed E-state index contributed by atoms with van der Waals surface area (Å²) in [7, 11) is -19.3. The molecule has 65 heavy (non-hydrogen) atoms. The minimum Gasteiger partial charge on any atom is -0.744 e. The summed E-state index contributed by atoms with van der Waals surface area (Å²) in [5.74, 6) is 0. The van der Waals surface area contributed by atoms with Crippen molar-refractivity contribution in [2.24, 2.45) is 0 Å². The summed E-state index contributed by atoms with van der Waals surface area (Å²) in [4.78, 5) is 18.0. The molecule has 2 aliphatic heterocycles. The van der Waals surface area contributed by atoms with Gasteiger partial charge >= 0.3 is 0 Å². The summed E-state index contributed by atoms with van der Waals surface area (Å²) in [5, 5.41) is 0. The van der Waals surface area contributed by atoms with Crippen LogP contribution in [0.5, 0.6) is 0 Å². The van der Waals surface area contributed by atoms with Gasteiger partial charge in [0.25, 0.3) is 0 Å². The van der Waals surface area contributed by atoms with E-state index in [4.69, 9.17) is 19.9 Å². The molecular formula is C44H24AgN4O12S4-6. The van der Waals surface area contributed by atoms with Gasteiger partial charge in [0.2, 0.25) is 0 Å². The van der Waals surface area contributed by atoms with Gasteiger partial charge in [-0.2, -0.15) is 0 Å². The first kappa shape index (κ1) is 45.4. The minimum atomic E-state index is -4.82. The Morgan fingerprint density at radius 3 is 0.785 bits per heavy atom. The summed E-state index contributed by atoms with van der Waals surface area (Å²) in [6.45, 7) is 0. The molecule has 0 saturated carbocycles. The van der Waals surface area contributed by atoms with E-state index >= 15 is 0 Å². The first-order valence-electron chi connectivity index (χ1n) is 18.5. The Bertz CT molecular complexity index is 3620. The van der Waals surface area contributed by atoms with Crippen molar-refractivity contribution in [3.8, 4) is 44.5 Å². The third kappa shape index (κ3) is 8.97. The number of rotatable bonds is 8. The Kier molecular flexibility index (Phi) is 11.7. The van der Waals surface area contributed by atoms with Crippen LogP contribution in [0, 0.1) is 0 Å². The van der Waals surface area contributed by atoms with Crippen molar-refractivity contribution < 1.29 is 74.3 Å². The maximum atomic E-state index is 11.9. The van der Waals surface area contributed by atoms with Gasteiger partial charge in [-0.1, -0.05) is 72.8 Å². The van der Waals surface area contributed by atoms with Gasteiger partial charge in [-0.25, -0.2) is 43.6 Å². The predicted octanol–water partition coefficient (Wildman–Crippen LogP) is 6.20. The number of nitrogens with zero attached hydrogens (tertiary/aromatic N) is 4. The van der Waals surface area contributed by atoms with E-state index in [2.05, 4.69) is 0 Å². The van der Waals surface area contributed by atoms with Crippen molar-refractivity contribution >= 4 is 86.8 Å². The van der Waals surface area contributed by atoms with Gasteiger partial charge < -0.3 is 28.2 Å². The van der Waals surface area contributed by atoms with Crippen molar-refractivity contribution in [3.63, 3.8) is 0 Å². The van der Waals surface area contributed by atoms with Gasteiger partial charge in [0.15, 0.2) is 0 Å². The van der Waals surface area contributed by atoms with Crippen molar-refractivity contribution in [1.29, 1.82) is 0 Å². The number of aromatic nitrogens is 4. The Morgan fingerprint density at radius 2 is 0.523 bits per heavy atom. The van der Waals surface area contributed by atoms with Crippen LogP contribution < -0.4 is 9.97 Å². The quantitative estimate of drug-likeness (QED) is 0.121. The zero-order valence-corrected chi connectivity index (χ0v) is 37.2. The maximum Gasteiger partial charge on any atom is 0.124 e. The Balaban J connectivity index is 0.00000576. The summed E-state index contributed by atoms with van der Waals surface area (Å²) in [6, 6.07) is 27.2. The molecule has 9 rings (SSSR count). The van der Waals surface area contributed by atoms with E-state index in [-0.39, 0.29) is 22.4 Å². The van der Waals surface area contributed by atoms with E-state index < -0.39 is 60.1 Å². The SMILES string of the molecule is O=S(=O)([O-])c1ccc(-c2c3nc(c(-c4ccc(S(=O)(=O)[O-])cc4)c4ccc([n-]4)c(-c4ccc(S(=O)(=O)[O-])cc4)c4ccc([n-]4)c(-c4ccc(S(=O)(=O)[O-])cc4)c4nc2C=C4)C=C3)cc1.[Ag]. The van der Waals surface area contributed by atoms with E-state index in [1.807, 2.05) is 0 Å². The summed E-state index contributed by atoms with van der Waals surface area (Å²) < 4.78 is 143. The van der Waals surface area contributed by atoms with Crippen LogP contribution in [0.2, 0.25) is 0 Å². The molecule has 0 fully saturated rings. The van der Waals surface area contributed by atoms with E-state index in [0.717, 1.165) is 48.5 Å². The van der Waals surface area contributed by atoms with Crippen LogP contribution in [0.1, 0.15) is 22.8 Å². The minimum absolute atomic E-state index is 0. The van der Waals surface area contributed by atoms with E-state index in [0.29, 0.717) is 89.4 Å². The molecule has 0 spiro atoms. The van der Waals surface area contributed by atoms with Crippen LogP contribution in [-0.2, 0) is 62.9 Å². The van der Waals surface area contributed by atoms with Crippen LogP contribution in [0.25, 0.3) is 90.9 Å². The molecule has 3 aromatic heterocycles. The smallest absolute Gasteiger partial charge is 0.124 e. The summed E-state index contributed by atoms with van der Waals surface area (Å²) >= 11 is 0. The van der Waals surface area contributed by atoms with E-state index in [9.17, 15) is 51.9 Å². The van der Waals surface area contributed by atoms with Crippen molar-refractivity contribution in [2.45, 2.75) is 19.6 Å². The second kappa shape index (κ2) is 16.7. The molecule has 16 nitrogen and oxygen atoms in total. The third-order valence-corrected chi connectivity index (χ3v) is 13.7. The van der Waals surface area contributed by atoms with Crippen LogP contribution in [0.3, 0.4) is 0 Å². The van der Waals surface area contributed by atoms with Crippen LogP contribution >= 0.6 is 0 Å². The molecule has 8 bridgehead atoms. The van der Waals surface area contributed by atoms with E-state index in [1.54, 1.807) is 48.6 Å². The van der Waals surface area contributed by atoms with Crippen LogP contribution in [-0.4, -0.2) is 61.9 Å². The van der Waals surface area contributed by atoms with Gasteiger partial charge in [-0.05, 0) is 112 Å². The zero-order chi connectivity index (χ0) is 45.3. The topological polar surface area (TPSA) is 283 Å². The average Bonchev–Trinajstić information content (AvgIpc) is 4.08. The zero-order valence-electron chi connectivity index (χ0n) is 32.5. The average molecular weight is 1040 g/mol.